The third kappa shape index (κ3) is 3.24. The molecule has 0 aromatic carbocycles. The molecule has 2 aliphatic rings. The van der Waals surface area contributed by atoms with Gasteiger partial charge in [-0.25, -0.2) is 0 Å². The van der Waals surface area contributed by atoms with E-state index in [2.05, 4.69) is 20.8 Å². The number of rotatable bonds is 2. The Morgan fingerprint density at radius 3 is 2.59 bits per heavy atom. The second-order valence-electron chi connectivity index (χ2n) is 7.60. The molecule has 100 valence electrons. The molecular formula is C16H31N. The van der Waals surface area contributed by atoms with Gasteiger partial charge in [-0.1, -0.05) is 40.0 Å². The average Bonchev–Trinajstić information content (AvgIpc) is 2.28. The van der Waals surface area contributed by atoms with Gasteiger partial charge < -0.3 is 5.73 Å². The van der Waals surface area contributed by atoms with Crippen LogP contribution in [0, 0.1) is 29.1 Å². The molecular weight excluding hydrogens is 206 g/mol. The van der Waals surface area contributed by atoms with Crippen LogP contribution >= 0.6 is 0 Å². The first kappa shape index (κ1) is 13.4. The highest BCUT2D eigenvalue weighted by molar-refractivity contribution is 4.90. The van der Waals surface area contributed by atoms with Crippen molar-refractivity contribution < 1.29 is 0 Å². The molecule has 0 amide bonds. The van der Waals surface area contributed by atoms with Crippen molar-refractivity contribution in [3.63, 3.8) is 0 Å². The number of hydrogen-bond donors (Lipinski definition) is 1. The van der Waals surface area contributed by atoms with Crippen molar-refractivity contribution in [2.75, 3.05) is 6.54 Å². The van der Waals surface area contributed by atoms with Crippen LogP contribution in [-0.4, -0.2) is 6.54 Å². The predicted molar refractivity (Wildman–Crippen MR) is 74.8 cm³/mol. The molecule has 4 unspecified atom stereocenters. The molecule has 0 aromatic rings. The maximum Gasteiger partial charge on any atom is -0.00461 e. The summed E-state index contributed by atoms with van der Waals surface area (Å²) < 4.78 is 0. The van der Waals surface area contributed by atoms with Gasteiger partial charge in [0.15, 0.2) is 0 Å². The van der Waals surface area contributed by atoms with Crippen LogP contribution in [0.1, 0.15) is 65.7 Å². The first-order valence-corrected chi connectivity index (χ1v) is 7.72. The normalized spacial score (nSPS) is 42.4. The molecule has 0 bridgehead atoms. The van der Waals surface area contributed by atoms with Gasteiger partial charge in [-0.2, -0.15) is 0 Å². The minimum absolute atomic E-state index is 0.566. The zero-order valence-corrected chi connectivity index (χ0v) is 12.0. The first-order chi connectivity index (χ1) is 8.02. The van der Waals surface area contributed by atoms with E-state index in [1.54, 1.807) is 0 Å². The first-order valence-electron chi connectivity index (χ1n) is 7.72. The lowest BCUT2D eigenvalue weighted by atomic mass is 9.60. The fraction of sp³-hybridized carbons (Fsp3) is 1.00. The summed E-state index contributed by atoms with van der Waals surface area (Å²) in [5.74, 6) is 3.67. The van der Waals surface area contributed by atoms with Crippen LogP contribution in [0.25, 0.3) is 0 Å². The SMILES string of the molecule is CC1CCCC(C2CC(C)(C)CCC2CN)C1. The van der Waals surface area contributed by atoms with Crippen molar-refractivity contribution in [3.8, 4) is 0 Å². The van der Waals surface area contributed by atoms with Crippen LogP contribution in [0.15, 0.2) is 0 Å². The molecule has 1 nitrogen and oxygen atoms in total. The lowest BCUT2D eigenvalue weighted by molar-refractivity contribution is 0.0524. The lowest BCUT2D eigenvalue weighted by Gasteiger charge is -2.46. The van der Waals surface area contributed by atoms with Crippen LogP contribution in [0.5, 0.6) is 0 Å². The predicted octanol–water partition coefficient (Wildman–Crippen LogP) is 4.21. The quantitative estimate of drug-likeness (QED) is 0.765. The summed E-state index contributed by atoms with van der Waals surface area (Å²) in [5, 5.41) is 0. The minimum Gasteiger partial charge on any atom is -0.330 e. The summed E-state index contributed by atoms with van der Waals surface area (Å²) in [4.78, 5) is 0. The van der Waals surface area contributed by atoms with Gasteiger partial charge in [0, 0.05) is 0 Å². The Morgan fingerprint density at radius 2 is 1.94 bits per heavy atom. The molecule has 2 fully saturated rings. The largest absolute Gasteiger partial charge is 0.330 e. The summed E-state index contributed by atoms with van der Waals surface area (Å²) in [6.07, 6.45) is 10.0. The molecule has 0 spiro atoms. The highest BCUT2D eigenvalue weighted by atomic mass is 14.6. The lowest BCUT2D eigenvalue weighted by Crippen LogP contribution is -2.39. The maximum absolute atomic E-state index is 6.02. The molecule has 2 N–H and O–H groups in total. The van der Waals surface area contributed by atoms with E-state index in [4.69, 9.17) is 5.73 Å². The summed E-state index contributed by atoms with van der Waals surface area (Å²) in [5.41, 5.74) is 6.59. The monoisotopic (exact) mass is 237 g/mol. The van der Waals surface area contributed by atoms with Gasteiger partial charge in [-0.15, -0.1) is 0 Å². The van der Waals surface area contributed by atoms with E-state index in [9.17, 15) is 0 Å². The van der Waals surface area contributed by atoms with Gasteiger partial charge >= 0.3 is 0 Å². The molecule has 2 aliphatic carbocycles. The molecule has 2 saturated carbocycles. The molecule has 4 atom stereocenters. The number of nitrogens with two attached hydrogens (primary N) is 1. The zero-order chi connectivity index (χ0) is 12.5. The van der Waals surface area contributed by atoms with E-state index in [0.29, 0.717) is 5.41 Å². The van der Waals surface area contributed by atoms with E-state index < -0.39 is 0 Å². The number of hydrogen-bond acceptors (Lipinski definition) is 1. The summed E-state index contributed by atoms with van der Waals surface area (Å²) >= 11 is 0. The second-order valence-corrected chi connectivity index (χ2v) is 7.60. The van der Waals surface area contributed by atoms with Gasteiger partial charge in [-0.05, 0) is 61.3 Å². The zero-order valence-electron chi connectivity index (χ0n) is 12.0. The minimum atomic E-state index is 0.566. The Hall–Kier alpha value is -0.0400. The van der Waals surface area contributed by atoms with Crippen LogP contribution in [0.2, 0.25) is 0 Å². The fourth-order valence-corrected chi connectivity index (χ4v) is 4.41. The molecule has 17 heavy (non-hydrogen) atoms. The van der Waals surface area contributed by atoms with Gasteiger partial charge in [0.2, 0.25) is 0 Å². The van der Waals surface area contributed by atoms with Crippen molar-refractivity contribution >= 4 is 0 Å². The molecule has 0 radical (unpaired) electrons. The molecule has 0 aromatic heterocycles. The van der Waals surface area contributed by atoms with Crippen molar-refractivity contribution in [1.82, 2.24) is 0 Å². The van der Waals surface area contributed by atoms with Gasteiger partial charge in [0.05, 0.1) is 0 Å². The average molecular weight is 237 g/mol. The third-order valence-corrected chi connectivity index (χ3v) is 5.47. The van der Waals surface area contributed by atoms with E-state index in [0.717, 1.165) is 30.2 Å². The van der Waals surface area contributed by atoms with Crippen molar-refractivity contribution in [2.24, 2.45) is 34.8 Å². The Balaban J connectivity index is 2.04. The van der Waals surface area contributed by atoms with Crippen LogP contribution in [-0.2, 0) is 0 Å². The van der Waals surface area contributed by atoms with Gasteiger partial charge in [0.25, 0.3) is 0 Å². The molecule has 1 heteroatoms. The van der Waals surface area contributed by atoms with Crippen LogP contribution < -0.4 is 5.73 Å². The van der Waals surface area contributed by atoms with E-state index in [1.165, 1.54) is 44.9 Å². The fourth-order valence-electron chi connectivity index (χ4n) is 4.41. The van der Waals surface area contributed by atoms with Gasteiger partial charge in [0.1, 0.15) is 0 Å². The van der Waals surface area contributed by atoms with Crippen LogP contribution in [0.4, 0.5) is 0 Å². The van der Waals surface area contributed by atoms with Crippen molar-refractivity contribution in [1.29, 1.82) is 0 Å². The Labute approximate surface area is 108 Å². The second kappa shape index (κ2) is 5.30. The van der Waals surface area contributed by atoms with E-state index in [-0.39, 0.29) is 0 Å². The molecule has 0 saturated heterocycles. The highest BCUT2D eigenvalue weighted by Crippen LogP contribution is 2.48. The van der Waals surface area contributed by atoms with Crippen LogP contribution in [0.3, 0.4) is 0 Å². The Kier molecular flexibility index (Phi) is 4.18. The molecule has 0 aliphatic heterocycles. The van der Waals surface area contributed by atoms with Gasteiger partial charge in [-0.3, -0.25) is 0 Å². The van der Waals surface area contributed by atoms with E-state index in [1.807, 2.05) is 0 Å². The Bertz CT molecular complexity index is 246. The Morgan fingerprint density at radius 1 is 1.18 bits per heavy atom. The third-order valence-electron chi connectivity index (χ3n) is 5.47. The van der Waals surface area contributed by atoms with E-state index >= 15 is 0 Å². The summed E-state index contributed by atoms with van der Waals surface area (Å²) in [7, 11) is 0. The smallest absolute Gasteiger partial charge is 0.00461 e. The standard InChI is InChI=1S/C16H31N/c1-12-5-4-6-13(9-12)15-10-16(2,3)8-7-14(15)11-17/h12-15H,4-11,17H2,1-3H3. The van der Waals surface area contributed by atoms with Crippen molar-refractivity contribution in [2.45, 2.75) is 65.7 Å². The highest BCUT2D eigenvalue weighted by Gasteiger charge is 2.39. The molecule has 0 heterocycles. The maximum atomic E-state index is 6.02. The van der Waals surface area contributed by atoms with Crippen molar-refractivity contribution in [3.05, 3.63) is 0 Å². The summed E-state index contributed by atoms with van der Waals surface area (Å²) in [6.45, 7) is 8.28. The summed E-state index contributed by atoms with van der Waals surface area (Å²) in [6, 6.07) is 0. The topological polar surface area (TPSA) is 26.0 Å². The molecule has 2 rings (SSSR count).